The van der Waals surface area contributed by atoms with E-state index in [4.69, 9.17) is 4.74 Å². The van der Waals surface area contributed by atoms with Gasteiger partial charge < -0.3 is 14.6 Å². The van der Waals surface area contributed by atoms with E-state index in [1.165, 1.54) is 21.8 Å². The average Bonchev–Trinajstić information content (AvgIpc) is 2.97. The van der Waals surface area contributed by atoms with Gasteiger partial charge in [0.25, 0.3) is 0 Å². The van der Waals surface area contributed by atoms with Crippen molar-refractivity contribution in [1.82, 2.24) is 9.55 Å². The van der Waals surface area contributed by atoms with Crippen LogP contribution < -0.4 is 10.1 Å². The highest BCUT2D eigenvalue weighted by molar-refractivity contribution is 9.10. The number of hydrogen-bond acceptors (Lipinski definition) is 3. The number of fused-ring (bicyclic) bond motifs is 3. The quantitative estimate of drug-likeness (QED) is 0.327. The summed E-state index contributed by atoms with van der Waals surface area (Å²) in [5.41, 5.74) is 2.51. The van der Waals surface area contributed by atoms with Crippen molar-refractivity contribution in [2.45, 2.75) is 13.0 Å². The Hall–Kier alpha value is -2.05. The lowest BCUT2D eigenvalue weighted by Crippen LogP contribution is -2.08. The van der Waals surface area contributed by atoms with Crippen molar-refractivity contribution in [1.29, 1.82) is 0 Å². The summed E-state index contributed by atoms with van der Waals surface area (Å²) in [4.78, 5) is 4.39. The van der Waals surface area contributed by atoms with Crippen molar-refractivity contribution < 1.29 is 4.74 Å². The zero-order valence-corrected chi connectivity index (χ0v) is 18.0. The molecule has 2 heterocycles. The molecule has 6 heteroatoms. The number of anilines is 1. The maximum absolute atomic E-state index is 5.17. The molecule has 0 atom stereocenters. The van der Waals surface area contributed by atoms with Crippen LogP contribution in [-0.4, -0.2) is 23.2 Å². The van der Waals surface area contributed by atoms with E-state index in [-0.39, 0.29) is 0 Å². The van der Waals surface area contributed by atoms with Gasteiger partial charge in [0.2, 0.25) is 5.88 Å². The lowest BCUT2D eigenvalue weighted by molar-refractivity contribution is 0.398. The molecule has 2 aromatic carbocycles. The summed E-state index contributed by atoms with van der Waals surface area (Å²) in [5, 5.41) is 5.91. The molecule has 4 nitrogen and oxygen atoms in total. The van der Waals surface area contributed by atoms with Crippen LogP contribution in [0, 0.1) is 0 Å². The Balaban J connectivity index is 1.56. The zero-order valence-electron chi connectivity index (χ0n) is 14.9. The van der Waals surface area contributed by atoms with Gasteiger partial charge in [-0.2, -0.15) is 4.98 Å². The molecule has 0 unspecified atom stereocenters. The summed E-state index contributed by atoms with van der Waals surface area (Å²) in [6.07, 6.45) is 0.990. The van der Waals surface area contributed by atoms with Crippen LogP contribution in [0.3, 0.4) is 0 Å². The van der Waals surface area contributed by atoms with Gasteiger partial charge in [0, 0.05) is 49.9 Å². The Morgan fingerprint density at radius 2 is 1.63 bits per heavy atom. The monoisotopic (exact) mass is 487 g/mol. The van der Waals surface area contributed by atoms with Crippen molar-refractivity contribution in [2.75, 3.05) is 19.0 Å². The number of nitrogens with one attached hydrogen (secondary N) is 1. The van der Waals surface area contributed by atoms with Gasteiger partial charge in [-0.25, -0.2) is 0 Å². The number of nitrogens with zero attached hydrogens (tertiary/aromatic N) is 2. The summed E-state index contributed by atoms with van der Waals surface area (Å²) in [5.74, 6) is 1.46. The highest BCUT2D eigenvalue weighted by Gasteiger charge is 2.11. The molecule has 0 aliphatic rings. The standard InChI is InChI=1S/C21H19Br2N3O/c1-27-21-5-2-4-20(25-21)24-10-3-11-26-18-8-6-14(22)12-16(18)17-13-15(23)7-9-19(17)26/h2,4-9,12-13H,3,10-11H2,1H3,(H,24,25). The summed E-state index contributed by atoms with van der Waals surface area (Å²) in [7, 11) is 1.63. The van der Waals surface area contributed by atoms with Crippen LogP contribution in [-0.2, 0) is 6.54 Å². The van der Waals surface area contributed by atoms with E-state index in [2.05, 4.69) is 83.1 Å². The maximum atomic E-state index is 5.17. The van der Waals surface area contributed by atoms with Crippen LogP contribution in [0.15, 0.2) is 63.5 Å². The van der Waals surface area contributed by atoms with Crippen molar-refractivity contribution in [2.24, 2.45) is 0 Å². The molecule has 4 aromatic rings. The van der Waals surface area contributed by atoms with Gasteiger partial charge in [-0.15, -0.1) is 0 Å². The second-order valence-corrected chi connectivity index (χ2v) is 8.15. The molecule has 2 aromatic heterocycles. The van der Waals surface area contributed by atoms with Gasteiger partial charge in [-0.05, 0) is 48.9 Å². The van der Waals surface area contributed by atoms with Gasteiger partial charge >= 0.3 is 0 Å². The highest BCUT2D eigenvalue weighted by atomic mass is 79.9. The first-order chi connectivity index (χ1) is 13.2. The SMILES string of the molecule is COc1cccc(NCCCn2c3ccc(Br)cc3c3cc(Br)ccc32)n1. The largest absolute Gasteiger partial charge is 0.481 e. The van der Waals surface area contributed by atoms with Crippen LogP contribution >= 0.6 is 31.9 Å². The van der Waals surface area contributed by atoms with Crippen molar-refractivity contribution in [3.63, 3.8) is 0 Å². The number of hydrogen-bond donors (Lipinski definition) is 1. The van der Waals surface area contributed by atoms with Gasteiger partial charge in [0.15, 0.2) is 0 Å². The number of aromatic nitrogens is 2. The maximum Gasteiger partial charge on any atom is 0.214 e. The van der Waals surface area contributed by atoms with E-state index >= 15 is 0 Å². The van der Waals surface area contributed by atoms with Crippen molar-refractivity contribution in [3.8, 4) is 5.88 Å². The van der Waals surface area contributed by atoms with E-state index in [0.717, 1.165) is 34.3 Å². The predicted octanol–water partition coefficient (Wildman–Crippen LogP) is 6.23. The third kappa shape index (κ3) is 3.82. The minimum atomic E-state index is 0.624. The fraction of sp³-hybridized carbons (Fsp3) is 0.190. The Kier molecular flexibility index (Phi) is 5.36. The third-order valence-corrected chi connectivity index (χ3v) is 5.57. The second-order valence-electron chi connectivity index (χ2n) is 6.32. The first-order valence-corrected chi connectivity index (χ1v) is 10.4. The molecule has 27 heavy (non-hydrogen) atoms. The molecular weight excluding hydrogens is 470 g/mol. The number of benzene rings is 2. The first kappa shape index (κ1) is 18.3. The van der Waals surface area contributed by atoms with Crippen molar-refractivity contribution >= 4 is 59.5 Å². The van der Waals surface area contributed by atoms with Crippen LogP contribution in [0.25, 0.3) is 21.8 Å². The third-order valence-electron chi connectivity index (χ3n) is 4.59. The molecule has 0 aliphatic heterocycles. The summed E-state index contributed by atoms with van der Waals surface area (Å²) in [6, 6.07) is 18.7. The van der Waals surface area contributed by atoms with Gasteiger partial charge in [-0.3, -0.25) is 0 Å². The molecule has 0 saturated carbocycles. The Bertz CT molecular complexity index is 1050. The van der Waals surface area contributed by atoms with Gasteiger partial charge in [-0.1, -0.05) is 37.9 Å². The predicted molar refractivity (Wildman–Crippen MR) is 119 cm³/mol. The molecule has 0 aliphatic carbocycles. The van der Waals surface area contributed by atoms with E-state index < -0.39 is 0 Å². The molecule has 0 amide bonds. The van der Waals surface area contributed by atoms with Crippen LogP contribution in [0.2, 0.25) is 0 Å². The van der Waals surface area contributed by atoms with E-state index in [1.807, 2.05) is 18.2 Å². The minimum absolute atomic E-state index is 0.624. The Morgan fingerprint density at radius 1 is 0.963 bits per heavy atom. The number of halogens is 2. The normalized spacial score (nSPS) is 11.2. The molecule has 138 valence electrons. The average molecular weight is 489 g/mol. The minimum Gasteiger partial charge on any atom is -0.481 e. The van der Waals surface area contributed by atoms with Crippen LogP contribution in [0.1, 0.15) is 6.42 Å². The highest BCUT2D eigenvalue weighted by Crippen LogP contribution is 2.33. The lowest BCUT2D eigenvalue weighted by Gasteiger charge is -2.10. The molecule has 0 spiro atoms. The Morgan fingerprint density at radius 3 is 2.26 bits per heavy atom. The number of rotatable bonds is 6. The van der Waals surface area contributed by atoms with E-state index in [0.29, 0.717) is 5.88 Å². The smallest absolute Gasteiger partial charge is 0.214 e. The fourth-order valence-electron chi connectivity index (χ4n) is 3.37. The molecule has 1 N–H and O–H groups in total. The van der Waals surface area contributed by atoms with Crippen LogP contribution in [0.4, 0.5) is 5.82 Å². The molecule has 4 rings (SSSR count). The fourth-order valence-corrected chi connectivity index (χ4v) is 4.09. The molecule has 0 fully saturated rings. The molecule has 0 saturated heterocycles. The van der Waals surface area contributed by atoms with Crippen LogP contribution in [0.5, 0.6) is 5.88 Å². The van der Waals surface area contributed by atoms with Crippen molar-refractivity contribution in [3.05, 3.63) is 63.5 Å². The second kappa shape index (κ2) is 7.90. The summed E-state index contributed by atoms with van der Waals surface area (Å²) < 4.78 is 9.76. The molecular formula is C21H19Br2N3O. The first-order valence-electron chi connectivity index (χ1n) is 8.77. The number of ether oxygens (including phenoxy) is 1. The van der Waals surface area contributed by atoms with Gasteiger partial charge in [0.1, 0.15) is 5.82 Å². The van der Waals surface area contributed by atoms with E-state index in [9.17, 15) is 0 Å². The van der Waals surface area contributed by atoms with Gasteiger partial charge in [0.05, 0.1) is 7.11 Å². The Labute approximate surface area is 174 Å². The topological polar surface area (TPSA) is 39.1 Å². The zero-order chi connectivity index (χ0) is 18.8. The number of aryl methyl sites for hydroxylation is 1. The summed E-state index contributed by atoms with van der Waals surface area (Å²) in [6.45, 7) is 1.77. The number of methoxy groups -OCH3 is 1. The summed E-state index contributed by atoms with van der Waals surface area (Å²) >= 11 is 7.20. The lowest BCUT2D eigenvalue weighted by atomic mass is 10.2. The molecule has 0 bridgehead atoms. The van der Waals surface area contributed by atoms with E-state index in [1.54, 1.807) is 7.11 Å². The number of pyridine rings is 1. The molecule has 0 radical (unpaired) electrons.